The maximum Gasteiger partial charge on any atom is 0.303 e. The minimum absolute atomic E-state index is 0.311. The molecule has 2 rings (SSSR count). The molecule has 3 nitrogen and oxygen atoms in total. The van der Waals surface area contributed by atoms with E-state index in [1.807, 2.05) is 0 Å². The van der Waals surface area contributed by atoms with Crippen LogP contribution in [0.5, 0.6) is 0 Å². The van der Waals surface area contributed by atoms with Gasteiger partial charge in [0.1, 0.15) is 0 Å². The molecule has 0 bridgehead atoms. The summed E-state index contributed by atoms with van der Waals surface area (Å²) in [6.45, 7) is 5.15. The zero-order chi connectivity index (χ0) is 13.7. The molecule has 1 aromatic carbocycles. The van der Waals surface area contributed by atoms with Gasteiger partial charge < -0.3 is 5.11 Å². The third-order valence-corrected chi connectivity index (χ3v) is 3.96. The smallest absolute Gasteiger partial charge is 0.303 e. The van der Waals surface area contributed by atoms with Crippen molar-refractivity contribution in [3.63, 3.8) is 0 Å². The molecule has 0 aromatic heterocycles. The lowest BCUT2D eigenvalue weighted by Crippen LogP contribution is -2.36. The van der Waals surface area contributed by atoms with Gasteiger partial charge in [-0.15, -0.1) is 0 Å². The summed E-state index contributed by atoms with van der Waals surface area (Å²) in [7, 11) is 0. The molecule has 1 atom stereocenters. The Balaban J connectivity index is 1.96. The Morgan fingerprint density at radius 1 is 1.37 bits per heavy atom. The molecule has 1 saturated heterocycles. The first-order valence-corrected chi connectivity index (χ1v) is 7.20. The van der Waals surface area contributed by atoms with Gasteiger partial charge in [-0.05, 0) is 42.9 Å². The zero-order valence-corrected chi connectivity index (χ0v) is 11.6. The molecule has 1 fully saturated rings. The lowest BCUT2D eigenvalue weighted by molar-refractivity contribution is -0.138. The topological polar surface area (TPSA) is 40.5 Å². The summed E-state index contributed by atoms with van der Waals surface area (Å²) in [6.07, 6.45) is 3.54. The summed E-state index contributed by atoms with van der Waals surface area (Å²) in [5.74, 6) is -0.346. The van der Waals surface area contributed by atoms with Gasteiger partial charge in [0, 0.05) is 19.5 Å². The highest BCUT2D eigenvalue weighted by atomic mass is 16.4. The minimum Gasteiger partial charge on any atom is -0.481 e. The van der Waals surface area contributed by atoms with Gasteiger partial charge in [-0.1, -0.05) is 31.2 Å². The maximum absolute atomic E-state index is 10.8. The Bertz CT molecular complexity index is 431. The Morgan fingerprint density at radius 3 is 2.79 bits per heavy atom. The normalized spacial score (nSPS) is 20.4. The number of aryl methyl sites for hydroxylation is 1. The van der Waals surface area contributed by atoms with Crippen molar-refractivity contribution in [2.45, 2.75) is 39.2 Å². The highest BCUT2D eigenvalue weighted by Crippen LogP contribution is 2.22. The van der Waals surface area contributed by atoms with E-state index in [0.717, 1.165) is 38.9 Å². The van der Waals surface area contributed by atoms with E-state index in [4.69, 9.17) is 5.11 Å². The van der Waals surface area contributed by atoms with Crippen LogP contribution in [-0.4, -0.2) is 29.1 Å². The molecule has 104 valence electrons. The van der Waals surface area contributed by atoms with Gasteiger partial charge in [0.15, 0.2) is 0 Å². The predicted octanol–water partition coefficient (Wildman–Crippen LogP) is 2.94. The van der Waals surface area contributed by atoms with E-state index < -0.39 is 5.97 Å². The second-order valence-corrected chi connectivity index (χ2v) is 5.46. The van der Waals surface area contributed by atoms with E-state index in [-0.39, 0.29) is 0 Å². The van der Waals surface area contributed by atoms with E-state index >= 15 is 0 Å². The lowest BCUT2D eigenvalue weighted by Gasteiger charge is -2.32. The number of carboxylic acids is 1. The fourth-order valence-electron chi connectivity index (χ4n) is 3.01. The molecule has 1 aliphatic heterocycles. The standard InChI is InChI=1S/C16H23NO2/c1-2-14-7-3-4-8-15(14)12-17-9-5-6-13(11-17)10-16(18)19/h3-4,7-8,13H,2,5-6,9-12H2,1H3,(H,18,19). The Labute approximate surface area is 115 Å². The number of benzene rings is 1. The predicted molar refractivity (Wildman–Crippen MR) is 76.1 cm³/mol. The molecule has 0 saturated carbocycles. The molecule has 1 N–H and O–H groups in total. The van der Waals surface area contributed by atoms with Crippen LogP contribution in [0.4, 0.5) is 0 Å². The number of carbonyl (C=O) groups is 1. The number of carboxylic acid groups (broad SMARTS) is 1. The van der Waals surface area contributed by atoms with Crippen molar-refractivity contribution in [2.24, 2.45) is 5.92 Å². The van der Waals surface area contributed by atoms with Crippen molar-refractivity contribution < 1.29 is 9.90 Å². The quantitative estimate of drug-likeness (QED) is 0.886. The highest BCUT2D eigenvalue weighted by Gasteiger charge is 2.22. The van der Waals surface area contributed by atoms with E-state index in [9.17, 15) is 4.79 Å². The third-order valence-electron chi connectivity index (χ3n) is 3.96. The Hall–Kier alpha value is -1.35. The fraction of sp³-hybridized carbons (Fsp3) is 0.562. The maximum atomic E-state index is 10.8. The van der Waals surface area contributed by atoms with Gasteiger partial charge in [-0.2, -0.15) is 0 Å². The number of piperidine rings is 1. The second-order valence-electron chi connectivity index (χ2n) is 5.46. The summed E-state index contributed by atoms with van der Waals surface area (Å²) in [5.41, 5.74) is 2.80. The van der Waals surface area contributed by atoms with Crippen LogP contribution < -0.4 is 0 Å². The summed E-state index contributed by atoms with van der Waals surface area (Å²) in [6, 6.07) is 8.56. The van der Waals surface area contributed by atoms with Crippen molar-refractivity contribution in [1.29, 1.82) is 0 Å². The molecule has 1 aromatic rings. The van der Waals surface area contributed by atoms with Gasteiger partial charge in [0.2, 0.25) is 0 Å². The van der Waals surface area contributed by atoms with Crippen LogP contribution in [0.25, 0.3) is 0 Å². The monoisotopic (exact) mass is 261 g/mol. The molecule has 0 aliphatic carbocycles. The van der Waals surface area contributed by atoms with E-state index in [1.165, 1.54) is 11.1 Å². The molecule has 0 spiro atoms. The van der Waals surface area contributed by atoms with Gasteiger partial charge in [-0.25, -0.2) is 0 Å². The van der Waals surface area contributed by atoms with E-state index in [2.05, 4.69) is 36.1 Å². The second kappa shape index (κ2) is 6.71. The summed E-state index contributed by atoms with van der Waals surface area (Å²) < 4.78 is 0. The van der Waals surface area contributed by atoms with Crippen LogP contribution >= 0.6 is 0 Å². The highest BCUT2D eigenvalue weighted by molar-refractivity contribution is 5.67. The SMILES string of the molecule is CCc1ccccc1CN1CCCC(CC(=O)O)C1. The van der Waals surface area contributed by atoms with Gasteiger partial charge in [0.25, 0.3) is 0 Å². The first-order valence-electron chi connectivity index (χ1n) is 7.20. The van der Waals surface area contributed by atoms with E-state index in [0.29, 0.717) is 12.3 Å². The lowest BCUT2D eigenvalue weighted by atomic mass is 9.94. The summed E-state index contributed by atoms with van der Waals surface area (Å²) >= 11 is 0. The molecule has 1 aliphatic rings. The number of hydrogen-bond acceptors (Lipinski definition) is 2. The van der Waals surface area contributed by atoms with Crippen molar-refractivity contribution in [3.8, 4) is 0 Å². The van der Waals surface area contributed by atoms with Gasteiger partial charge in [-0.3, -0.25) is 9.69 Å². The molecule has 1 unspecified atom stereocenters. The molecule has 19 heavy (non-hydrogen) atoms. The fourth-order valence-corrected chi connectivity index (χ4v) is 3.01. The number of hydrogen-bond donors (Lipinski definition) is 1. The Morgan fingerprint density at radius 2 is 2.11 bits per heavy atom. The van der Waals surface area contributed by atoms with E-state index in [1.54, 1.807) is 0 Å². The summed E-state index contributed by atoms with van der Waals surface area (Å²) in [4.78, 5) is 13.2. The Kier molecular flexibility index (Phi) is 4.97. The molecular weight excluding hydrogens is 238 g/mol. The molecule has 1 heterocycles. The van der Waals surface area contributed by atoms with Crippen molar-refractivity contribution >= 4 is 5.97 Å². The van der Waals surface area contributed by atoms with Crippen LogP contribution in [0.15, 0.2) is 24.3 Å². The number of likely N-dealkylation sites (tertiary alicyclic amines) is 1. The molecule has 3 heteroatoms. The largest absolute Gasteiger partial charge is 0.481 e. The first kappa shape index (κ1) is 14.1. The van der Waals surface area contributed by atoms with Crippen LogP contribution in [-0.2, 0) is 17.8 Å². The number of nitrogens with zero attached hydrogens (tertiary/aromatic N) is 1. The van der Waals surface area contributed by atoms with Crippen LogP contribution in [0.2, 0.25) is 0 Å². The van der Waals surface area contributed by atoms with Gasteiger partial charge >= 0.3 is 5.97 Å². The number of aliphatic carboxylic acids is 1. The molecule has 0 radical (unpaired) electrons. The minimum atomic E-state index is -0.666. The molecular formula is C16H23NO2. The van der Waals surface area contributed by atoms with Crippen LogP contribution in [0, 0.1) is 5.92 Å². The average Bonchev–Trinajstić information content (AvgIpc) is 2.39. The number of rotatable bonds is 5. The molecule has 0 amide bonds. The zero-order valence-electron chi connectivity index (χ0n) is 11.6. The van der Waals surface area contributed by atoms with Gasteiger partial charge in [0.05, 0.1) is 0 Å². The van der Waals surface area contributed by atoms with Crippen LogP contribution in [0.1, 0.15) is 37.3 Å². The van der Waals surface area contributed by atoms with Crippen molar-refractivity contribution in [1.82, 2.24) is 4.90 Å². The first-order chi connectivity index (χ1) is 9.19. The summed E-state index contributed by atoms with van der Waals surface area (Å²) in [5, 5.41) is 8.91. The van der Waals surface area contributed by atoms with Crippen LogP contribution in [0.3, 0.4) is 0 Å². The van der Waals surface area contributed by atoms with Crippen molar-refractivity contribution in [2.75, 3.05) is 13.1 Å². The van der Waals surface area contributed by atoms with Crippen molar-refractivity contribution in [3.05, 3.63) is 35.4 Å². The average molecular weight is 261 g/mol. The third kappa shape index (κ3) is 4.06.